The van der Waals surface area contributed by atoms with E-state index in [4.69, 9.17) is 4.74 Å². The molecule has 15 heavy (non-hydrogen) atoms. The van der Waals surface area contributed by atoms with Gasteiger partial charge < -0.3 is 9.64 Å². The molecule has 1 amide bonds. The molecule has 0 fully saturated rings. The lowest BCUT2D eigenvalue weighted by molar-refractivity contribution is -0.119. The van der Waals surface area contributed by atoms with E-state index in [1.54, 1.807) is 7.11 Å². The Morgan fingerprint density at radius 1 is 1.47 bits per heavy atom. The van der Waals surface area contributed by atoms with Gasteiger partial charge in [-0.15, -0.1) is 0 Å². The molecule has 0 spiro atoms. The van der Waals surface area contributed by atoms with Gasteiger partial charge in [0.2, 0.25) is 5.91 Å². The van der Waals surface area contributed by atoms with Crippen LogP contribution in [0.4, 0.5) is 5.69 Å². The van der Waals surface area contributed by atoms with E-state index in [-0.39, 0.29) is 5.91 Å². The number of para-hydroxylation sites is 1. The second-order valence-corrected chi connectivity index (χ2v) is 3.67. The van der Waals surface area contributed by atoms with E-state index in [1.165, 1.54) is 5.56 Å². The molecule has 1 aliphatic rings. The highest BCUT2D eigenvalue weighted by Gasteiger charge is 2.23. The lowest BCUT2D eigenvalue weighted by Gasteiger charge is -2.16. The minimum atomic E-state index is 0.154. The number of methoxy groups -OCH3 is 1. The third-order valence-electron chi connectivity index (χ3n) is 2.71. The summed E-state index contributed by atoms with van der Waals surface area (Å²) in [6.07, 6.45) is 1.43. The zero-order chi connectivity index (χ0) is 10.7. The van der Waals surface area contributed by atoms with Crippen LogP contribution >= 0.6 is 0 Å². The molecule has 1 aromatic rings. The number of ether oxygens (including phenoxy) is 1. The predicted molar refractivity (Wildman–Crippen MR) is 59.0 cm³/mol. The van der Waals surface area contributed by atoms with Gasteiger partial charge in [-0.25, -0.2) is 0 Å². The quantitative estimate of drug-likeness (QED) is 0.750. The van der Waals surface area contributed by atoms with Crippen LogP contribution in [0.3, 0.4) is 0 Å². The first-order valence-corrected chi connectivity index (χ1v) is 5.20. The van der Waals surface area contributed by atoms with Gasteiger partial charge >= 0.3 is 0 Å². The molecule has 1 heterocycles. The van der Waals surface area contributed by atoms with Crippen molar-refractivity contribution in [1.29, 1.82) is 0 Å². The molecule has 80 valence electrons. The van der Waals surface area contributed by atoms with Crippen LogP contribution in [0.1, 0.15) is 12.0 Å². The molecule has 3 nitrogen and oxygen atoms in total. The third kappa shape index (κ3) is 2.02. The van der Waals surface area contributed by atoms with Crippen molar-refractivity contribution in [3.05, 3.63) is 29.8 Å². The van der Waals surface area contributed by atoms with Crippen molar-refractivity contribution in [1.82, 2.24) is 0 Å². The summed E-state index contributed by atoms with van der Waals surface area (Å²) >= 11 is 0. The largest absolute Gasteiger partial charge is 0.384 e. The molecule has 0 bridgehead atoms. The summed E-state index contributed by atoms with van der Waals surface area (Å²) in [7, 11) is 1.62. The fraction of sp³-hybridized carbons (Fsp3) is 0.417. The van der Waals surface area contributed by atoms with Gasteiger partial charge in [-0.2, -0.15) is 0 Å². The molecule has 0 saturated carbocycles. The molecule has 1 aromatic carbocycles. The van der Waals surface area contributed by atoms with E-state index >= 15 is 0 Å². The van der Waals surface area contributed by atoms with Crippen LogP contribution in [0.25, 0.3) is 0 Å². The summed E-state index contributed by atoms with van der Waals surface area (Å²) in [5.74, 6) is 0.154. The second kappa shape index (κ2) is 4.45. The van der Waals surface area contributed by atoms with Crippen LogP contribution in [0, 0.1) is 0 Å². The molecular formula is C12H15NO2. The standard InChI is InChI=1S/C12H15NO2/c1-15-9-7-12(14)13-8-6-10-4-2-3-5-11(10)13/h2-5H,6-9H2,1H3. The minimum Gasteiger partial charge on any atom is -0.384 e. The van der Waals surface area contributed by atoms with Crippen molar-refractivity contribution in [2.75, 3.05) is 25.2 Å². The van der Waals surface area contributed by atoms with Gasteiger partial charge in [0.1, 0.15) is 0 Å². The smallest absolute Gasteiger partial charge is 0.229 e. The maximum atomic E-state index is 11.8. The number of amides is 1. The number of benzene rings is 1. The van der Waals surface area contributed by atoms with Crippen LogP contribution in [0.5, 0.6) is 0 Å². The normalized spacial score (nSPS) is 14.1. The summed E-state index contributed by atoms with van der Waals surface area (Å²) in [5, 5.41) is 0. The van der Waals surface area contributed by atoms with Crippen molar-refractivity contribution in [3.63, 3.8) is 0 Å². The van der Waals surface area contributed by atoms with E-state index in [1.807, 2.05) is 23.1 Å². The average Bonchev–Trinajstić information content (AvgIpc) is 2.69. The van der Waals surface area contributed by atoms with Gasteiger partial charge in [0, 0.05) is 19.3 Å². The molecule has 0 atom stereocenters. The molecule has 0 N–H and O–H groups in total. The number of fused-ring (bicyclic) bond motifs is 1. The topological polar surface area (TPSA) is 29.5 Å². The zero-order valence-corrected chi connectivity index (χ0v) is 8.90. The maximum absolute atomic E-state index is 11.8. The number of anilines is 1. The molecule has 1 aliphatic heterocycles. The van der Waals surface area contributed by atoms with Crippen molar-refractivity contribution < 1.29 is 9.53 Å². The van der Waals surface area contributed by atoms with Crippen molar-refractivity contribution >= 4 is 11.6 Å². The Balaban J connectivity index is 2.10. The highest BCUT2D eigenvalue weighted by atomic mass is 16.5. The Hall–Kier alpha value is -1.35. The van der Waals surface area contributed by atoms with Crippen LogP contribution in [-0.4, -0.2) is 26.2 Å². The van der Waals surface area contributed by atoms with E-state index < -0.39 is 0 Å². The number of hydrogen-bond donors (Lipinski definition) is 0. The van der Waals surface area contributed by atoms with Crippen LogP contribution in [0.15, 0.2) is 24.3 Å². The SMILES string of the molecule is COCCC(=O)N1CCc2ccccc21. The second-order valence-electron chi connectivity index (χ2n) is 3.67. The van der Waals surface area contributed by atoms with Gasteiger partial charge in [-0.05, 0) is 18.1 Å². The van der Waals surface area contributed by atoms with Crippen LogP contribution in [0.2, 0.25) is 0 Å². The molecule has 0 aromatic heterocycles. The molecule has 0 saturated heterocycles. The van der Waals surface area contributed by atoms with Crippen LogP contribution < -0.4 is 4.90 Å². The Kier molecular flexibility index (Phi) is 3.02. The molecular weight excluding hydrogens is 190 g/mol. The minimum absolute atomic E-state index is 0.154. The fourth-order valence-corrected chi connectivity index (χ4v) is 1.92. The number of rotatable bonds is 3. The zero-order valence-electron chi connectivity index (χ0n) is 8.90. The van der Waals surface area contributed by atoms with Crippen LogP contribution in [-0.2, 0) is 16.0 Å². The predicted octanol–water partition coefficient (Wildman–Crippen LogP) is 1.61. The molecule has 0 radical (unpaired) electrons. The highest BCUT2D eigenvalue weighted by molar-refractivity contribution is 5.95. The summed E-state index contributed by atoms with van der Waals surface area (Å²) in [6, 6.07) is 8.08. The Morgan fingerprint density at radius 3 is 3.07 bits per heavy atom. The van der Waals surface area contributed by atoms with Gasteiger partial charge in [0.15, 0.2) is 0 Å². The average molecular weight is 205 g/mol. The van der Waals surface area contributed by atoms with Gasteiger partial charge in [0.25, 0.3) is 0 Å². The Bertz CT molecular complexity index is 362. The molecule has 0 aliphatic carbocycles. The summed E-state index contributed by atoms with van der Waals surface area (Å²) < 4.78 is 4.91. The van der Waals surface area contributed by atoms with Crippen molar-refractivity contribution in [2.24, 2.45) is 0 Å². The number of carbonyl (C=O) groups is 1. The van der Waals surface area contributed by atoms with E-state index in [0.717, 1.165) is 18.7 Å². The van der Waals surface area contributed by atoms with Crippen molar-refractivity contribution in [3.8, 4) is 0 Å². The summed E-state index contributed by atoms with van der Waals surface area (Å²) in [4.78, 5) is 13.7. The third-order valence-corrected chi connectivity index (χ3v) is 2.71. The molecule has 3 heteroatoms. The number of nitrogens with zero attached hydrogens (tertiary/aromatic N) is 1. The number of carbonyl (C=O) groups excluding carboxylic acids is 1. The lowest BCUT2D eigenvalue weighted by Crippen LogP contribution is -2.29. The van der Waals surface area contributed by atoms with Gasteiger partial charge in [0.05, 0.1) is 13.0 Å². The Labute approximate surface area is 89.7 Å². The first-order valence-electron chi connectivity index (χ1n) is 5.20. The monoisotopic (exact) mass is 205 g/mol. The lowest BCUT2D eigenvalue weighted by atomic mass is 10.2. The number of hydrogen-bond acceptors (Lipinski definition) is 2. The first kappa shape index (κ1) is 10.2. The van der Waals surface area contributed by atoms with Crippen molar-refractivity contribution in [2.45, 2.75) is 12.8 Å². The fourth-order valence-electron chi connectivity index (χ4n) is 1.92. The molecule has 0 unspecified atom stereocenters. The molecule has 2 rings (SSSR count). The highest BCUT2D eigenvalue weighted by Crippen LogP contribution is 2.27. The first-order chi connectivity index (χ1) is 7.33. The van der Waals surface area contributed by atoms with E-state index in [2.05, 4.69) is 6.07 Å². The summed E-state index contributed by atoms with van der Waals surface area (Å²) in [5.41, 5.74) is 2.34. The maximum Gasteiger partial charge on any atom is 0.229 e. The van der Waals surface area contributed by atoms with Gasteiger partial charge in [-0.1, -0.05) is 18.2 Å². The van der Waals surface area contributed by atoms with E-state index in [0.29, 0.717) is 13.0 Å². The summed E-state index contributed by atoms with van der Waals surface area (Å²) in [6.45, 7) is 1.30. The Morgan fingerprint density at radius 2 is 2.27 bits per heavy atom. The van der Waals surface area contributed by atoms with E-state index in [9.17, 15) is 4.79 Å². The van der Waals surface area contributed by atoms with Gasteiger partial charge in [-0.3, -0.25) is 4.79 Å².